The zero-order valence-corrected chi connectivity index (χ0v) is 10.8. The predicted octanol–water partition coefficient (Wildman–Crippen LogP) is 3.73. The largest absolute Gasteiger partial charge is 0.378 e. The molecule has 90 valence electrons. The lowest BCUT2D eigenvalue weighted by Gasteiger charge is -2.07. The van der Waals surface area contributed by atoms with Gasteiger partial charge in [0.15, 0.2) is 0 Å². The Morgan fingerprint density at radius 3 is 2.71 bits per heavy atom. The summed E-state index contributed by atoms with van der Waals surface area (Å²) >= 11 is 6.06. The van der Waals surface area contributed by atoms with E-state index in [2.05, 4.69) is 24.3 Å². The molecule has 0 bridgehead atoms. The first-order valence-corrected chi connectivity index (χ1v) is 6.07. The molecule has 2 rings (SSSR count). The number of rotatable bonds is 4. The average molecular weight is 250 g/mol. The van der Waals surface area contributed by atoms with Crippen molar-refractivity contribution in [2.24, 2.45) is 0 Å². The van der Waals surface area contributed by atoms with Crippen molar-refractivity contribution in [3.8, 4) is 0 Å². The fourth-order valence-electron chi connectivity index (χ4n) is 1.55. The van der Waals surface area contributed by atoms with Gasteiger partial charge >= 0.3 is 0 Å². The van der Waals surface area contributed by atoms with Crippen molar-refractivity contribution in [2.75, 3.05) is 5.32 Å². The summed E-state index contributed by atoms with van der Waals surface area (Å²) in [6, 6.07) is 10.1. The highest BCUT2D eigenvalue weighted by Gasteiger charge is 2.03. The zero-order valence-electron chi connectivity index (χ0n) is 10.0. The van der Waals surface area contributed by atoms with Crippen LogP contribution in [0.1, 0.15) is 25.6 Å². The van der Waals surface area contributed by atoms with E-state index in [0.717, 1.165) is 16.4 Å². The first-order valence-electron chi connectivity index (χ1n) is 5.69. The Hall–Kier alpha value is -1.48. The van der Waals surface area contributed by atoms with Gasteiger partial charge in [-0.1, -0.05) is 23.7 Å². The van der Waals surface area contributed by atoms with Gasteiger partial charge in [0.2, 0.25) is 0 Å². The smallest absolute Gasteiger partial charge is 0.0815 e. The van der Waals surface area contributed by atoms with Crippen LogP contribution in [0.5, 0.6) is 0 Å². The number of aromatic nitrogens is 2. The molecule has 0 aliphatic rings. The fraction of sp³-hybridized carbons (Fsp3) is 0.308. The Balaban J connectivity index is 2.00. The second-order valence-corrected chi connectivity index (χ2v) is 4.62. The molecule has 0 aliphatic heterocycles. The van der Waals surface area contributed by atoms with Crippen molar-refractivity contribution < 1.29 is 0 Å². The topological polar surface area (TPSA) is 29.9 Å². The van der Waals surface area contributed by atoms with Gasteiger partial charge in [0.25, 0.3) is 0 Å². The Morgan fingerprint density at radius 2 is 2.06 bits per heavy atom. The maximum atomic E-state index is 6.06. The van der Waals surface area contributed by atoms with Crippen molar-refractivity contribution in [2.45, 2.75) is 26.4 Å². The normalized spacial score (nSPS) is 10.8. The molecule has 0 saturated heterocycles. The van der Waals surface area contributed by atoms with E-state index in [0.29, 0.717) is 12.6 Å². The Kier molecular flexibility index (Phi) is 3.69. The molecule has 0 atom stereocenters. The summed E-state index contributed by atoms with van der Waals surface area (Å²) < 4.78 is 1.95. The lowest BCUT2D eigenvalue weighted by Crippen LogP contribution is -2.04. The quantitative estimate of drug-likeness (QED) is 0.895. The van der Waals surface area contributed by atoms with Gasteiger partial charge in [-0.2, -0.15) is 5.10 Å². The van der Waals surface area contributed by atoms with E-state index in [4.69, 9.17) is 11.6 Å². The van der Waals surface area contributed by atoms with Gasteiger partial charge < -0.3 is 5.32 Å². The molecule has 0 spiro atoms. The van der Waals surface area contributed by atoms with Crippen molar-refractivity contribution in [3.05, 3.63) is 47.2 Å². The third-order valence-electron chi connectivity index (χ3n) is 2.53. The minimum atomic E-state index is 0.393. The van der Waals surface area contributed by atoms with Gasteiger partial charge in [0, 0.05) is 12.2 Å². The fourth-order valence-corrected chi connectivity index (χ4v) is 1.75. The molecule has 3 nitrogen and oxygen atoms in total. The molecule has 0 radical (unpaired) electrons. The van der Waals surface area contributed by atoms with Crippen LogP contribution in [0.4, 0.5) is 5.69 Å². The van der Waals surface area contributed by atoms with Gasteiger partial charge in [-0.15, -0.1) is 0 Å². The number of nitrogens with zero attached hydrogens (tertiary/aromatic N) is 2. The molecule has 0 fully saturated rings. The van der Waals surface area contributed by atoms with Crippen LogP contribution >= 0.6 is 11.6 Å². The summed E-state index contributed by atoms with van der Waals surface area (Å²) in [5.41, 5.74) is 1.95. The molecule has 1 heterocycles. The van der Waals surface area contributed by atoms with E-state index >= 15 is 0 Å². The molecule has 1 aromatic carbocycles. The van der Waals surface area contributed by atoms with Crippen LogP contribution in [0.25, 0.3) is 0 Å². The Morgan fingerprint density at radius 1 is 1.29 bits per heavy atom. The summed E-state index contributed by atoms with van der Waals surface area (Å²) in [6.07, 6.45) is 1.99. The van der Waals surface area contributed by atoms with Gasteiger partial charge in [-0.3, -0.25) is 4.68 Å². The van der Waals surface area contributed by atoms with Gasteiger partial charge in [-0.05, 0) is 32.0 Å². The van der Waals surface area contributed by atoms with Crippen LogP contribution in [0.15, 0.2) is 36.5 Å². The first kappa shape index (κ1) is 12.0. The third-order valence-corrected chi connectivity index (χ3v) is 2.86. The van der Waals surface area contributed by atoms with E-state index in [1.54, 1.807) is 0 Å². The van der Waals surface area contributed by atoms with Crippen molar-refractivity contribution in [1.29, 1.82) is 0 Å². The van der Waals surface area contributed by atoms with Crippen molar-refractivity contribution in [3.63, 3.8) is 0 Å². The second kappa shape index (κ2) is 5.23. The summed E-state index contributed by atoms with van der Waals surface area (Å²) in [7, 11) is 0. The molecule has 4 heteroatoms. The van der Waals surface area contributed by atoms with Gasteiger partial charge in [-0.25, -0.2) is 0 Å². The van der Waals surface area contributed by atoms with E-state index in [1.165, 1.54) is 0 Å². The summed E-state index contributed by atoms with van der Waals surface area (Å²) in [4.78, 5) is 0. The predicted molar refractivity (Wildman–Crippen MR) is 71.4 cm³/mol. The molecular formula is C13H16ClN3. The number of hydrogen-bond acceptors (Lipinski definition) is 2. The zero-order chi connectivity index (χ0) is 12.3. The minimum absolute atomic E-state index is 0.393. The molecular weight excluding hydrogens is 234 g/mol. The maximum absolute atomic E-state index is 6.06. The number of nitrogens with one attached hydrogen (secondary N) is 1. The summed E-state index contributed by atoms with van der Waals surface area (Å²) in [6.45, 7) is 4.90. The molecule has 0 saturated carbocycles. The van der Waals surface area contributed by atoms with Crippen molar-refractivity contribution in [1.82, 2.24) is 9.78 Å². The third kappa shape index (κ3) is 3.01. The summed E-state index contributed by atoms with van der Waals surface area (Å²) in [5, 5.41) is 8.47. The van der Waals surface area contributed by atoms with Gasteiger partial charge in [0.1, 0.15) is 0 Å². The maximum Gasteiger partial charge on any atom is 0.0815 e. The van der Waals surface area contributed by atoms with Crippen LogP contribution in [0, 0.1) is 0 Å². The van der Waals surface area contributed by atoms with E-state index in [1.807, 2.05) is 41.2 Å². The average Bonchev–Trinajstić information content (AvgIpc) is 2.77. The monoisotopic (exact) mass is 249 g/mol. The lowest BCUT2D eigenvalue weighted by atomic mass is 10.3. The molecule has 1 N–H and O–H groups in total. The van der Waals surface area contributed by atoms with Crippen LogP contribution in [-0.2, 0) is 6.54 Å². The van der Waals surface area contributed by atoms with E-state index in [-0.39, 0.29) is 0 Å². The molecule has 17 heavy (non-hydrogen) atoms. The molecule has 0 unspecified atom stereocenters. The standard InChI is InChI=1S/C13H16ClN3/c1-10(2)17-8-7-11(16-17)9-15-13-6-4-3-5-12(13)14/h3-8,10,15H,9H2,1-2H3. The van der Waals surface area contributed by atoms with E-state index < -0.39 is 0 Å². The number of para-hydroxylation sites is 1. The molecule has 0 amide bonds. The highest BCUT2D eigenvalue weighted by Crippen LogP contribution is 2.20. The minimum Gasteiger partial charge on any atom is -0.378 e. The SMILES string of the molecule is CC(C)n1ccc(CNc2ccccc2Cl)n1. The van der Waals surface area contributed by atoms with Crippen LogP contribution in [-0.4, -0.2) is 9.78 Å². The first-order chi connectivity index (χ1) is 8.16. The molecule has 1 aromatic heterocycles. The molecule has 2 aromatic rings. The van der Waals surface area contributed by atoms with Crippen LogP contribution in [0.3, 0.4) is 0 Å². The number of benzene rings is 1. The summed E-state index contributed by atoms with van der Waals surface area (Å²) in [5.74, 6) is 0. The lowest BCUT2D eigenvalue weighted by molar-refractivity contribution is 0.527. The number of halogens is 1. The highest BCUT2D eigenvalue weighted by atomic mass is 35.5. The van der Waals surface area contributed by atoms with Crippen LogP contribution < -0.4 is 5.32 Å². The van der Waals surface area contributed by atoms with Crippen molar-refractivity contribution >= 4 is 17.3 Å². The highest BCUT2D eigenvalue weighted by molar-refractivity contribution is 6.33. The molecule has 0 aliphatic carbocycles. The van der Waals surface area contributed by atoms with Gasteiger partial charge in [0.05, 0.1) is 22.9 Å². The number of anilines is 1. The Bertz CT molecular complexity index is 491. The Labute approximate surface area is 106 Å². The van der Waals surface area contributed by atoms with E-state index in [9.17, 15) is 0 Å². The second-order valence-electron chi connectivity index (χ2n) is 4.21. The number of hydrogen-bond donors (Lipinski definition) is 1. The van der Waals surface area contributed by atoms with Crippen LogP contribution in [0.2, 0.25) is 5.02 Å².